The smallest absolute Gasteiger partial charge is 0.161 e. The lowest BCUT2D eigenvalue weighted by atomic mass is 10.0. The Morgan fingerprint density at radius 2 is 1.16 bits per heavy atom. The maximum absolute atomic E-state index is 4.63. The number of nitrogens with zero attached hydrogens (tertiary/aromatic N) is 6. The van der Waals surface area contributed by atoms with Crippen LogP contribution in [0.2, 0.25) is 0 Å². The SMILES string of the molecule is CC1=C/CC2(C\C=C(C)/N=N/C(C)=N\2)\N=C(C)/N=N\1. The van der Waals surface area contributed by atoms with Crippen molar-refractivity contribution in [2.45, 2.75) is 46.2 Å². The molecule has 6 nitrogen and oxygen atoms in total. The molecule has 1 spiro atoms. The minimum absolute atomic E-state index is 0.574. The van der Waals surface area contributed by atoms with Crippen LogP contribution in [0.15, 0.2) is 54.0 Å². The quantitative estimate of drug-likeness (QED) is 0.629. The maximum atomic E-state index is 4.63. The van der Waals surface area contributed by atoms with E-state index in [1.165, 1.54) is 0 Å². The van der Waals surface area contributed by atoms with Gasteiger partial charge < -0.3 is 0 Å². The molecule has 0 saturated carbocycles. The average molecular weight is 258 g/mol. The number of amidine groups is 2. The molecule has 0 saturated heterocycles. The molecule has 0 aromatic carbocycles. The molecule has 6 heteroatoms. The first-order valence-corrected chi connectivity index (χ1v) is 6.29. The molecule has 0 aromatic rings. The predicted octanol–water partition coefficient (Wildman–Crippen LogP) is 4.04. The second-order valence-electron chi connectivity index (χ2n) is 4.80. The van der Waals surface area contributed by atoms with Crippen molar-refractivity contribution in [3.8, 4) is 0 Å². The molecule has 0 radical (unpaired) electrons. The number of allylic oxidation sites excluding steroid dienone is 2. The van der Waals surface area contributed by atoms with Crippen molar-refractivity contribution in [2.24, 2.45) is 30.4 Å². The van der Waals surface area contributed by atoms with Gasteiger partial charge in [-0.05, 0) is 27.7 Å². The summed E-state index contributed by atoms with van der Waals surface area (Å²) in [5.41, 5.74) is 1.19. The fourth-order valence-corrected chi connectivity index (χ4v) is 1.94. The average Bonchev–Trinajstić information content (AvgIpc) is 2.35. The summed E-state index contributed by atoms with van der Waals surface area (Å²) in [5.74, 6) is 1.26. The highest BCUT2D eigenvalue weighted by atomic mass is 15.2. The third kappa shape index (κ3) is 3.49. The van der Waals surface area contributed by atoms with Crippen molar-refractivity contribution >= 4 is 11.7 Å². The lowest BCUT2D eigenvalue weighted by molar-refractivity contribution is 0.454. The Morgan fingerprint density at radius 3 is 1.58 bits per heavy atom. The first-order chi connectivity index (χ1) is 8.99. The van der Waals surface area contributed by atoms with E-state index in [1.807, 2.05) is 39.8 Å². The van der Waals surface area contributed by atoms with Gasteiger partial charge in [0, 0.05) is 12.8 Å². The molecule has 0 N–H and O–H groups in total. The van der Waals surface area contributed by atoms with Crippen LogP contribution in [0.25, 0.3) is 0 Å². The maximum Gasteiger partial charge on any atom is 0.161 e. The first-order valence-electron chi connectivity index (χ1n) is 6.29. The molecule has 1 unspecified atom stereocenters. The summed E-state index contributed by atoms with van der Waals surface area (Å²) in [6, 6.07) is 0. The van der Waals surface area contributed by atoms with Crippen molar-refractivity contribution < 1.29 is 0 Å². The van der Waals surface area contributed by atoms with Crippen molar-refractivity contribution in [3.63, 3.8) is 0 Å². The number of aliphatic imine (C=N–C) groups is 2. The molecule has 100 valence electrons. The summed E-state index contributed by atoms with van der Waals surface area (Å²) in [6.45, 7) is 7.53. The molecular weight excluding hydrogens is 240 g/mol. The van der Waals surface area contributed by atoms with E-state index in [4.69, 9.17) is 0 Å². The highest BCUT2D eigenvalue weighted by molar-refractivity contribution is 5.82. The predicted molar refractivity (Wildman–Crippen MR) is 75.4 cm³/mol. The number of azo groups is 2. The summed E-state index contributed by atoms with van der Waals surface area (Å²) in [7, 11) is 0. The van der Waals surface area contributed by atoms with Gasteiger partial charge in [-0.3, -0.25) is 0 Å². The number of hydrogen-bond donors (Lipinski definition) is 0. The van der Waals surface area contributed by atoms with Gasteiger partial charge in [0.2, 0.25) is 0 Å². The van der Waals surface area contributed by atoms with Gasteiger partial charge in [-0.1, -0.05) is 12.2 Å². The first kappa shape index (κ1) is 13.5. The Bertz CT molecular complexity index is 497. The zero-order valence-corrected chi connectivity index (χ0v) is 11.8. The van der Waals surface area contributed by atoms with Crippen molar-refractivity contribution in [3.05, 3.63) is 23.5 Å². The van der Waals surface area contributed by atoms with Crippen molar-refractivity contribution in [1.29, 1.82) is 0 Å². The normalized spacial score (nSPS) is 41.9. The van der Waals surface area contributed by atoms with Gasteiger partial charge in [0.1, 0.15) is 11.7 Å². The van der Waals surface area contributed by atoms with Crippen LogP contribution in [0.4, 0.5) is 0 Å². The van der Waals surface area contributed by atoms with E-state index in [1.54, 1.807) is 0 Å². The third-order valence-electron chi connectivity index (χ3n) is 2.89. The number of hydrogen-bond acceptors (Lipinski definition) is 6. The van der Waals surface area contributed by atoms with Crippen LogP contribution in [0.1, 0.15) is 40.5 Å². The molecule has 0 fully saturated rings. The fraction of sp³-hybridized carbons (Fsp3) is 0.538. The minimum Gasteiger partial charge on any atom is -0.238 e. The molecule has 2 aliphatic heterocycles. The Morgan fingerprint density at radius 1 is 0.737 bits per heavy atom. The molecule has 2 aliphatic rings. The Kier molecular flexibility index (Phi) is 3.78. The lowest BCUT2D eigenvalue weighted by Crippen LogP contribution is -2.26. The van der Waals surface area contributed by atoms with Crippen LogP contribution in [-0.4, -0.2) is 17.3 Å². The summed E-state index contributed by atoms with van der Waals surface area (Å²) in [5, 5.41) is 16.3. The van der Waals surface area contributed by atoms with Gasteiger partial charge >= 0.3 is 0 Å². The van der Waals surface area contributed by atoms with Gasteiger partial charge in [0.25, 0.3) is 0 Å². The molecule has 0 aromatic heterocycles. The van der Waals surface area contributed by atoms with Crippen molar-refractivity contribution in [1.82, 2.24) is 0 Å². The zero-order chi connectivity index (χ0) is 13.9. The molecule has 0 aliphatic carbocycles. The van der Waals surface area contributed by atoms with Gasteiger partial charge in [0.15, 0.2) is 5.66 Å². The lowest BCUT2D eigenvalue weighted by Gasteiger charge is -2.25. The van der Waals surface area contributed by atoms with Crippen LogP contribution < -0.4 is 0 Å². The highest BCUT2D eigenvalue weighted by Crippen LogP contribution is 2.29. The zero-order valence-electron chi connectivity index (χ0n) is 11.8. The highest BCUT2D eigenvalue weighted by Gasteiger charge is 2.28. The Labute approximate surface area is 112 Å². The van der Waals surface area contributed by atoms with E-state index in [0.717, 1.165) is 11.4 Å². The van der Waals surface area contributed by atoms with Crippen LogP contribution in [0, 0.1) is 0 Å². The van der Waals surface area contributed by atoms with Crippen LogP contribution in [0.3, 0.4) is 0 Å². The van der Waals surface area contributed by atoms with E-state index in [-0.39, 0.29) is 0 Å². The summed E-state index contributed by atoms with van der Waals surface area (Å²) in [4.78, 5) is 9.25. The van der Waals surface area contributed by atoms with Crippen LogP contribution in [0.5, 0.6) is 0 Å². The largest absolute Gasteiger partial charge is 0.238 e. The van der Waals surface area contributed by atoms with Gasteiger partial charge in [-0.2, -0.15) is 10.2 Å². The second-order valence-corrected chi connectivity index (χ2v) is 4.80. The van der Waals surface area contributed by atoms with E-state index in [2.05, 4.69) is 30.4 Å². The van der Waals surface area contributed by atoms with Crippen LogP contribution >= 0.6 is 0 Å². The Hall–Kier alpha value is -1.98. The van der Waals surface area contributed by atoms with Gasteiger partial charge in [0.05, 0.1) is 11.4 Å². The molecular formula is C13H18N6. The molecule has 0 amide bonds. The third-order valence-corrected chi connectivity index (χ3v) is 2.89. The van der Waals surface area contributed by atoms with E-state index < -0.39 is 5.66 Å². The van der Waals surface area contributed by atoms with E-state index in [9.17, 15) is 0 Å². The summed E-state index contributed by atoms with van der Waals surface area (Å²) in [6.07, 6.45) is 5.40. The molecule has 2 heterocycles. The number of rotatable bonds is 0. The van der Waals surface area contributed by atoms with Crippen molar-refractivity contribution in [2.75, 3.05) is 0 Å². The summed E-state index contributed by atoms with van der Waals surface area (Å²) >= 11 is 0. The van der Waals surface area contributed by atoms with Crippen LogP contribution in [-0.2, 0) is 0 Å². The molecule has 2 rings (SSSR count). The Balaban J connectivity index is 2.50. The van der Waals surface area contributed by atoms with E-state index >= 15 is 0 Å². The van der Waals surface area contributed by atoms with Gasteiger partial charge in [-0.25, -0.2) is 9.98 Å². The fourth-order valence-electron chi connectivity index (χ4n) is 1.94. The molecule has 19 heavy (non-hydrogen) atoms. The molecule has 1 atom stereocenters. The second kappa shape index (κ2) is 5.34. The van der Waals surface area contributed by atoms with Gasteiger partial charge in [-0.15, -0.1) is 10.2 Å². The monoisotopic (exact) mass is 258 g/mol. The summed E-state index contributed by atoms with van der Waals surface area (Å²) < 4.78 is 0. The topological polar surface area (TPSA) is 74.2 Å². The molecule has 0 bridgehead atoms. The minimum atomic E-state index is -0.574. The standard InChI is InChI=1S/C13H18N6/c1-9-5-7-13(14-11(3)18-16-9)8-6-10(2)17-19-12(4)15-13/h5-6H,7-8H2,1-4H3/b9-5-,10-6-,14-11-,15-12-,18-16-,19-17+. The van der Waals surface area contributed by atoms with E-state index in [0.29, 0.717) is 24.5 Å².